The van der Waals surface area contributed by atoms with E-state index >= 15 is 0 Å². The molecule has 0 bridgehead atoms. The van der Waals surface area contributed by atoms with Crippen LogP contribution in [0.1, 0.15) is 0 Å². The van der Waals surface area contributed by atoms with Crippen LogP contribution in [0, 0.1) is 0 Å². The number of hydrogen-bond donors (Lipinski definition) is 6. The average Bonchev–Trinajstić information content (AvgIpc) is 3.11. The van der Waals surface area contributed by atoms with Crippen LogP contribution in [0.2, 0.25) is 0 Å². The maximum atomic E-state index is 10.3. The Morgan fingerprint density at radius 2 is 1.58 bits per heavy atom. The molecule has 2 saturated heterocycles. The predicted molar refractivity (Wildman–Crippen MR) is 107 cm³/mol. The molecule has 0 radical (unpaired) electrons. The van der Waals surface area contributed by atoms with E-state index in [-0.39, 0.29) is 23.9 Å². The number of rotatable bonds is 9. The summed E-state index contributed by atoms with van der Waals surface area (Å²) in [7, 11) is 4.26. The van der Waals surface area contributed by atoms with Gasteiger partial charge in [0.1, 0.15) is 41.9 Å². The van der Waals surface area contributed by atoms with Crippen LogP contribution < -0.4 is 18.9 Å². The third kappa shape index (κ3) is 5.11. The van der Waals surface area contributed by atoms with Crippen molar-refractivity contribution >= 4 is 0 Å². The molecule has 13 nitrogen and oxygen atoms in total. The van der Waals surface area contributed by atoms with Gasteiger partial charge in [0.15, 0.2) is 17.8 Å². The van der Waals surface area contributed by atoms with E-state index in [2.05, 4.69) is 0 Å². The quantitative estimate of drug-likeness (QED) is 0.216. The lowest BCUT2D eigenvalue weighted by atomic mass is 9.99. The van der Waals surface area contributed by atoms with Gasteiger partial charge in [-0.2, -0.15) is 0 Å². The van der Waals surface area contributed by atoms with Gasteiger partial charge in [-0.25, -0.2) is 0 Å². The molecule has 0 aliphatic carbocycles. The maximum absolute atomic E-state index is 10.3. The Labute approximate surface area is 189 Å². The Kier molecular flexibility index (Phi) is 8.21. The number of aliphatic hydroxyl groups is 6. The van der Waals surface area contributed by atoms with Gasteiger partial charge in [-0.05, 0) is 0 Å². The highest BCUT2D eigenvalue weighted by atomic mass is 16.7. The fraction of sp³-hybridized carbons (Fsp3) is 0.700. The second kappa shape index (κ2) is 10.5. The molecule has 2 fully saturated rings. The zero-order valence-electron chi connectivity index (χ0n) is 18.4. The Hall–Kier alpha value is -1.94. The largest absolute Gasteiger partial charge is 0.493 e. The normalized spacial score (nSPS) is 36.5. The second-order valence-electron chi connectivity index (χ2n) is 7.71. The lowest BCUT2D eigenvalue weighted by molar-refractivity contribution is -0.289. The van der Waals surface area contributed by atoms with Crippen LogP contribution in [0.3, 0.4) is 0 Å². The fourth-order valence-electron chi connectivity index (χ4n) is 3.54. The molecule has 0 aromatic heterocycles. The first-order valence-corrected chi connectivity index (χ1v) is 10.1. The van der Waals surface area contributed by atoms with Crippen molar-refractivity contribution < 1.29 is 63.8 Å². The van der Waals surface area contributed by atoms with Gasteiger partial charge in [0, 0.05) is 12.1 Å². The highest BCUT2D eigenvalue weighted by Gasteiger charge is 2.50. The molecular formula is C20H30O13. The van der Waals surface area contributed by atoms with Gasteiger partial charge in [-0.15, -0.1) is 0 Å². The third-order valence-corrected chi connectivity index (χ3v) is 5.56. The van der Waals surface area contributed by atoms with Gasteiger partial charge >= 0.3 is 0 Å². The number of aliphatic hydroxyl groups excluding tert-OH is 5. The summed E-state index contributed by atoms with van der Waals surface area (Å²) in [5.41, 5.74) is -1.88. The molecule has 1 unspecified atom stereocenters. The fourth-order valence-corrected chi connectivity index (χ4v) is 3.54. The molecule has 8 atom stereocenters. The molecule has 13 heteroatoms. The summed E-state index contributed by atoms with van der Waals surface area (Å²) in [6.07, 6.45) is -10.3. The summed E-state index contributed by atoms with van der Waals surface area (Å²) in [6.45, 7) is -1.51. The minimum Gasteiger partial charge on any atom is -0.493 e. The van der Waals surface area contributed by atoms with Crippen molar-refractivity contribution in [3.63, 3.8) is 0 Å². The van der Waals surface area contributed by atoms with Crippen LogP contribution >= 0.6 is 0 Å². The molecular weight excluding hydrogens is 448 g/mol. The minimum atomic E-state index is -1.88. The first-order valence-electron chi connectivity index (χ1n) is 10.1. The molecule has 2 aliphatic rings. The Balaban J connectivity index is 1.71. The van der Waals surface area contributed by atoms with Crippen molar-refractivity contribution in [2.24, 2.45) is 0 Å². The summed E-state index contributed by atoms with van der Waals surface area (Å²) < 4.78 is 37.5. The topological polar surface area (TPSA) is 186 Å². The van der Waals surface area contributed by atoms with E-state index in [0.717, 1.165) is 0 Å². The Morgan fingerprint density at radius 3 is 2.09 bits per heavy atom. The van der Waals surface area contributed by atoms with Gasteiger partial charge in [0.25, 0.3) is 0 Å². The van der Waals surface area contributed by atoms with Crippen molar-refractivity contribution in [3.05, 3.63) is 12.1 Å². The van der Waals surface area contributed by atoms with Crippen molar-refractivity contribution in [2.45, 2.75) is 48.7 Å². The first-order chi connectivity index (χ1) is 15.7. The van der Waals surface area contributed by atoms with Crippen molar-refractivity contribution in [3.8, 4) is 23.0 Å². The van der Waals surface area contributed by atoms with E-state index in [1.165, 1.54) is 33.5 Å². The molecule has 33 heavy (non-hydrogen) atoms. The SMILES string of the molecule is COc1cc(O[C@@H]2O[C@H](CO[C@@H]3OCC(O)(CO)[C@H]3O)[C@@H](O)[C@H](O)[C@H]2O)cc(OC)c1OC. The lowest BCUT2D eigenvalue weighted by Crippen LogP contribution is -2.60. The van der Waals surface area contributed by atoms with E-state index in [1.54, 1.807) is 0 Å². The highest BCUT2D eigenvalue weighted by molar-refractivity contribution is 5.55. The molecule has 0 saturated carbocycles. The molecule has 1 aromatic carbocycles. The molecule has 6 N–H and O–H groups in total. The first kappa shape index (κ1) is 25.7. The summed E-state index contributed by atoms with van der Waals surface area (Å²) in [5.74, 6) is 1.03. The average molecular weight is 478 g/mol. The van der Waals surface area contributed by atoms with Crippen molar-refractivity contribution in [1.82, 2.24) is 0 Å². The Bertz CT molecular complexity index is 766. The van der Waals surface area contributed by atoms with Crippen LogP contribution in [0.5, 0.6) is 23.0 Å². The number of ether oxygens (including phenoxy) is 7. The van der Waals surface area contributed by atoms with Crippen LogP contribution in [0.4, 0.5) is 0 Å². The van der Waals surface area contributed by atoms with Crippen LogP contribution in [0.25, 0.3) is 0 Å². The van der Waals surface area contributed by atoms with E-state index in [0.29, 0.717) is 5.75 Å². The number of benzene rings is 1. The minimum absolute atomic E-state index is 0.152. The number of methoxy groups -OCH3 is 3. The summed E-state index contributed by atoms with van der Waals surface area (Å²) in [5, 5.41) is 60.2. The molecule has 2 aliphatic heterocycles. The zero-order chi connectivity index (χ0) is 24.3. The number of hydrogen-bond acceptors (Lipinski definition) is 13. The monoisotopic (exact) mass is 478 g/mol. The third-order valence-electron chi connectivity index (χ3n) is 5.56. The highest BCUT2D eigenvalue weighted by Crippen LogP contribution is 2.41. The Morgan fingerprint density at radius 1 is 0.939 bits per heavy atom. The van der Waals surface area contributed by atoms with Crippen LogP contribution in [0.15, 0.2) is 12.1 Å². The van der Waals surface area contributed by atoms with Gasteiger partial charge < -0.3 is 63.8 Å². The molecule has 0 spiro atoms. The lowest BCUT2D eigenvalue weighted by Gasteiger charge is -2.40. The molecule has 0 amide bonds. The summed E-state index contributed by atoms with van der Waals surface area (Å²) in [4.78, 5) is 0. The van der Waals surface area contributed by atoms with Gasteiger partial charge in [-0.1, -0.05) is 0 Å². The predicted octanol–water partition coefficient (Wildman–Crippen LogP) is -2.64. The van der Waals surface area contributed by atoms with E-state index in [9.17, 15) is 30.6 Å². The van der Waals surface area contributed by atoms with Crippen LogP contribution in [-0.4, -0.2) is 120 Å². The van der Waals surface area contributed by atoms with Crippen molar-refractivity contribution in [2.75, 3.05) is 41.2 Å². The van der Waals surface area contributed by atoms with E-state index < -0.39 is 61.9 Å². The standard InChI is InChI=1S/C20H30O13/c1-27-10-4-9(5-11(28-2)16(10)29-3)32-18-15(24)14(23)13(22)12(33-18)6-30-19-17(25)20(26,7-21)8-31-19/h4-5,12-15,17-19,21-26H,6-8H2,1-3H3/t12-,13-,14+,15-,17+,18-,19-,20?/m1/s1. The van der Waals surface area contributed by atoms with Gasteiger partial charge in [-0.3, -0.25) is 0 Å². The molecule has 2 heterocycles. The van der Waals surface area contributed by atoms with E-state index in [4.69, 9.17) is 33.2 Å². The zero-order valence-corrected chi connectivity index (χ0v) is 18.4. The summed E-state index contributed by atoms with van der Waals surface area (Å²) in [6, 6.07) is 2.91. The van der Waals surface area contributed by atoms with Gasteiger partial charge in [0.2, 0.25) is 12.0 Å². The molecule has 1 aromatic rings. The van der Waals surface area contributed by atoms with E-state index in [1.807, 2.05) is 0 Å². The molecule has 188 valence electrons. The second-order valence-corrected chi connectivity index (χ2v) is 7.71. The van der Waals surface area contributed by atoms with Crippen LogP contribution in [-0.2, 0) is 14.2 Å². The maximum Gasteiger partial charge on any atom is 0.229 e. The summed E-state index contributed by atoms with van der Waals surface area (Å²) >= 11 is 0. The van der Waals surface area contributed by atoms with Gasteiger partial charge in [0.05, 0.1) is 41.2 Å². The smallest absolute Gasteiger partial charge is 0.229 e. The van der Waals surface area contributed by atoms with Crippen molar-refractivity contribution in [1.29, 1.82) is 0 Å². The molecule has 3 rings (SSSR count).